The van der Waals surface area contributed by atoms with Gasteiger partial charge < -0.3 is 0 Å². The minimum atomic E-state index is -3.64. The number of halogens is 2. The minimum Gasteiger partial charge on any atom is -0.208 e. The summed E-state index contributed by atoms with van der Waals surface area (Å²) in [6.45, 7) is 5.18. The van der Waals surface area contributed by atoms with E-state index >= 15 is 0 Å². The van der Waals surface area contributed by atoms with Crippen LogP contribution in [-0.2, 0) is 10.0 Å². The van der Waals surface area contributed by atoms with Crippen molar-refractivity contribution < 1.29 is 12.8 Å². The molecule has 0 bridgehead atoms. The molecule has 0 aliphatic rings. The van der Waals surface area contributed by atoms with E-state index in [9.17, 15) is 12.8 Å². The van der Waals surface area contributed by atoms with Crippen LogP contribution in [0.3, 0.4) is 0 Å². The first-order valence-corrected chi connectivity index (χ1v) is 7.64. The lowest BCUT2D eigenvalue weighted by Gasteiger charge is -2.19. The van der Waals surface area contributed by atoms with Gasteiger partial charge in [-0.3, -0.25) is 0 Å². The zero-order valence-corrected chi connectivity index (χ0v) is 12.1. The van der Waals surface area contributed by atoms with Gasteiger partial charge in [0, 0.05) is 11.9 Å². The third-order valence-corrected chi connectivity index (χ3v) is 5.07. The van der Waals surface area contributed by atoms with Gasteiger partial charge >= 0.3 is 0 Å². The maximum absolute atomic E-state index is 12.9. The molecule has 1 N–H and O–H groups in total. The summed E-state index contributed by atoms with van der Waals surface area (Å²) in [7, 11) is -3.64. The fraction of sp³-hybridized carbons (Fsp3) is 0.500. The highest BCUT2D eigenvalue weighted by molar-refractivity contribution is 7.89. The summed E-state index contributed by atoms with van der Waals surface area (Å²) >= 11 is 5.69. The number of hydrogen-bond donors (Lipinski definition) is 1. The van der Waals surface area contributed by atoms with E-state index in [1.54, 1.807) is 13.8 Å². The van der Waals surface area contributed by atoms with Gasteiger partial charge in [-0.2, -0.15) is 0 Å². The van der Waals surface area contributed by atoms with E-state index in [1.807, 2.05) is 6.92 Å². The van der Waals surface area contributed by atoms with E-state index < -0.39 is 15.8 Å². The average Bonchev–Trinajstić information content (AvgIpc) is 2.26. The number of nitrogens with one attached hydrogen (secondary N) is 1. The minimum absolute atomic E-state index is 0.0159. The van der Waals surface area contributed by atoms with Gasteiger partial charge in [-0.1, -0.05) is 6.92 Å². The van der Waals surface area contributed by atoms with Crippen LogP contribution in [0.1, 0.15) is 19.4 Å². The molecule has 0 aromatic heterocycles. The Balaban J connectivity index is 3.00. The second kappa shape index (κ2) is 5.99. The van der Waals surface area contributed by atoms with Crippen molar-refractivity contribution in [2.75, 3.05) is 5.88 Å². The van der Waals surface area contributed by atoms with Gasteiger partial charge in [0.2, 0.25) is 10.0 Å². The molecule has 1 aromatic carbocycles. The van der Waals surface area contributed by atoms with Crippen LogP contribution in [0.5, 0.6) is 0 Å². The van der Waals surface area contributed by atoms with Crippen molar-refractivity contribution in [2.45, 2.75) is 31.7 Å². The normalized spacial score (nSPS) is 15.4. The molecule has 0 amide bonds. The van der Waals surface area contributed by atoms with Gasteiger partial charge in [-0.15, -0.1) is 11.6 Å². The van der Waals surface area contributed by atoms with E-state index in [0.717, 1.165) is 6.07 Å². The van der Waals surface area contributed by atoms with Gasteiger partial charge in [0.15, 0.2) is 0 Å². The number of hydrogen-bond acceptors (Lipinski definition) is 2. The summed E-state index contributed by atoms with van der Waals surface area (Å²) in [6, 6.07) is 3.32. The number of rotatable bonds is 5. The molecule has 0 aliphatic carbocycles. The summed E-state index contributed by atoms with van der Waals surface area (Å²) < 4.78 is 39.7. The molecular weight excluding hydrogens is 277 g/mol. The molecule has 0 radical (unpaired) electrons. The lowest BCUT2D eigenvalue weighted by atomic mass is 10.1. The average molecular weight is 294 g/mol. The second-order valence-corrected chi connectivity index (χ2v) is 6.44. The second-order valence-electron chi connectivity index (χ2n) is 4.45. The van der Waals surface area contributed by atoms with E-state index in [1.165, 1.54) is 12.1 Å². The highest BCUT2D eigenvalue weighted by atomic mass is 35.5. The van der Waals surface area contributed by atoms with Crippen LogP contribution in [-0.4, -0.2) is 20.3 Å². The third kappa shape index (κ3) is 3.67. The predicted molar refractivity (Wildman–Crippen MR) is 70.8 cm³/mol. The SMILES string of the molecule is Cc1cc(F)ccc1S(=O)(=O)NC(C)C(C)CCl. The first-order valence-electron chi connectivity index (χ1n) is 5.62. The molecule has 18 heavy (non-hydrogen) atoms. The summed E-state index contributed by atoms with van der Waals surface area (Å²) in [5, 5.41) is 0. The van der Waals surface area contributed by atoms with E-state index in [-0.39, 0.29) is 16.9 Å². The van der Waals surface area contributed by atoms with Crippen molar-refractivity contribution in [1.29, 1.82) is 0 Å². The predicted octanol–water partition coefficient (Wildman–Crippen LogP) is 2.68. The van der Waals surface area contributed by atoms with Crippen molar-refractivity contribution in [2.24, 2.45) is 5.92 Å². The standard InChI is InChI=1S/C12H17ClFNO2S/c1-8-6-11(14)4-5-12(8)18(16,17)15-10(3)9(2)7-13/h4-6,9-10,15H,7H2,1-3H3. The van der Waals surface area contributed by atoms with Crippen LogP contribution in [0.4, 0.5) is 4.39 Å². The molecule has 0 fully saturated rings. The van der Waals surface area contributed by atoms with Crippen LogP contribution < -0.4 is 4.72 Å². The van der Waals surface area contributed by atoms with Crippen LogP contribution in [0.25, 0.3) is 0 Å². The Hall–Kier alpha value is -0.650. The molecule has 0 heterocycles. The quantitative estimate of drug-likeness (QED) is 0.849. The zero-order valence-electron chi connectivity index (χ0n) is 10.6. The van der Waals surface area contributed by atoms with Crippen molar-refractivity contribution >= 4 is 21.6 Å². The highest BCUT2D eigenvalue weighted by Gasteiger charge is 2.22. The van der Waals surface area contributed by atoms with E-state index in [0.29, 0.717) is 11.4 Å². The third-order valence-electron chi connectivity index (χ3n) is 2.86. The largest absolute Gasteiger partial charge is 0.241 e. The molecule has 2 atom stereocenters. The number of sulfonamides is 1. The number of aryl methyl sites for hydroxylation is 1. The van der Waals surface area contributed by atoms with Gasteiger partial charge in [0.25, 0.3) is 0 Å². The van der Waals surface area contributed by atoms with E-state index in [2.05, 4.69) is 4.72 Å². The monoisotopic (exact) mass is 293 g/mol. The smallest absolute Gasteiger partial charge is 0.208 e. The number of alkyl halides is 1. The maximum atomic E-state index is 12.9. The maximum Gasteiger partial charge on any atom is 0.241 e. The van der Waals surface area contributed by atoms with Gasteiger partial charge in [-0.25, -0.2) is 17.5 Å². The Morgan fingerprint density at radius 1 is 1.39 bits per heavy atom. The topological polar surface area (TPSA) is 46.2 Å². The zero-order chi connectivity index (χ0) is 13.9. The van der Waals surface area contributed by atoms with Crippen LogP contribution in [0.15, 0.2) is 23.1 Å². The molecule has 0 aliphatic heterocycles. The molecule has 1 aromatic rings. The molecule has 0 spiro atoms. The molecule has 102 valence electrons. The molecular formula is C12H17ClFNO2S. The highest BCUT2D eigenvalue weighted by Crippen LogP contribution is 2.17. The summed E-state index contributed by atoms with van der Waals surface area (Å²) in [4.78, 5) is 0.0949. The lowest BCUT2D eigenvalue weighted by molar-refractivity contribution is 0.480. The summed E-state index contributed by atoms with van der Waals surface area (Å²) in [5.41, 5.74) is 0.383. The fourth-order valence-corrected chi connectivity index (χ4v) is 3.32. The number of benzene rings is 1. The van der Waals surface area contributed by atoms with Gasteiger partial charge in [-0.05, 0) is 43.5 Å². The fourth-order valence-electron chi connectivity index (χ4n) is 1.47. The molecule has 0 saturated heterocycles. The Labute approximate surface area is 112 Å². The molecule has 3 nitrogen and oxygen atoms in total. The van der Waals surface area contributed by atoms with Crippen molar-refractivity contribution in [3.63, 3.8) is 0 Å². The first-order chi connectivity index (χ1) is 8.27. The molecule has 6 heteroatoms. The molecule has 2 unspecified atom stereocenters. The Kier molecular flexibility index (Phi) is 5.13. The van der Waals surface area contributed by atoms with Gasteiger partial charge in [0.05, 0.1) is 4.90 Å². The first kappa shape index (κ1) is 15.4. The summed E-state index contributed by atoms with van der Waals surface area (Å²) in [5.74, 6) is -0.0673. The van der Waals surface area contributed by atoms with Crippen LogP contribution in [0, 0.1) is 18.7 Å². The van der Waals surface area contributed by atoms with Crippen molar-refractivity contribution in [3.8, 4) is 0 Å². The van der Waals surface area contributed by atoms with Gasteiger partial charge in [0.1, 0.15) is 5.82 Å². The molecule has 0 saturated carbocycles. The van der Waals surface area contributed by atoms with Crippen LogP contribution in [0.2, 0.25) is 0 Å². The van der Waals surface area contributed by atoms with Crippen molar-refractivity contribution in [3.05, 3.63) is 29.6 Å². The Morgan fingerprint density at radius 2 is 2.00 bits per heavy atom. The van der Waals surface area contributed by atoms with Crippen molar-refractivity contribution in [1.82, 2.24) is 4.72 Å². The van der Waals surface area contributed by atoms with Crippen LogP contribution >= 0.6 is 11.6 Å². The summed E-state index contributed by atoms with van der Waals surface area (Å²) in [6.07, 6.45) is 0. The Morgan fingerprint density at radius 3 is 2.50 bits per heavy atom. The Bertz CT molecular complexity index is 519. The molecule has 1 rings (SSSR count). The van der Waals surface area contributed by atoms with E-state index in [4.69, 9.17) is 11.6 Å². The lowest BCUT2D eigenvalue weighted by Crippen LogP contribution is -2.37.